The lowest BCUT2D eigenvalue weighted by molar-refractivity contribution is 0.415. The van der Waals surface area contributed by atoms with Crippen molar-refractivity contribution >= 4 is 20.6 Å². The fraction of sp³-hybridized carbons (Fsp3) is 0.176. The molecule has 0 amide bonds. The summed E-state index contributed by atoms with van der Waals surface area (Å²) in [5.74, 6) is 0.979. The van der Waals surface area contributed by atoms with Gasteiger partial charge in [-0.05, 0) is 29.8 Å². The van der Waals surface area contributed by atoms with Crippen LogP contribution in [-0.2, 0) is 15.5 Å². The average molecular weight is 327 g/mol. The summed E-state index contributed by atoms with van der Waals surface area (Å²) in [7, 11) is -0.933. The quantitative estimate of drug-likeness (QED) is 0.796. The van der Waals surface area contributed by atoms with Crippen molar-refractivity contribution in [1.82, 2.24) is 9.97 Å². The SMILES string of the molecule is COc1ccc2c(-c3ccc(CS(C)(=N)=O)cn3)ccnc2c1. The number of aromatic nitrogens is 2. The lowest BCUT2D eigenvalue weighted by atomic mass is 10.1. The van der Waals surface area contributed by atoms with E-state index in [1.807, 2.05) is 36.4 Å². The fourth-order valence-corrected chi connectivity index (χ4v) is 3.27. The molecule has 0 aliphatic heterocycles. The standard InChI is InChI=1S/C17H17N3O2S/c1-22-13-4-5-14-15(7-8-19-17(14)9-13)16-6-3-12(10-20-16)11-23(2,18)21/h3-10,18H,11H2,1-2H3. The summed E-state index contributed by atoms with van der Waals surface area (Å²) >= 11 is 0. The zero-order chi connectivity index (χ0) is 16.4. The molecule has 118 valence electrons. The summed E-state index contributed by atoms with van der Waals surface area (Å²) in [5, 5.41) is 0.994. The highest BCUT2D eigenvalue weighted by Crippen LogP contribution is 2.28. The summed E-state index contributed by atoms with van der Waals surface area (Å²) < 4.78 is 24.3. The van der Waals surface area contributed by atoms with Crippen LogP contribution in [0.5, 0.6) is 5.75 Å². The van der Waals surface area contributed by atoms with E-state index >= 15 is 0 Å². The third kappa shape index (κ3) is 3.48. The maximum Gasteiger partial charge on any atom is 0.121 e. The van der Waals surface area contributed by atoms with Crippen molar-refractivity contribution < 1.29 is 8.95 Å². The van der Waals surface area contributed by atoms with Gasteiger partial charge in [0.15, 0.2) is 0 Å². The Bertz CT molecular complexity index is 951. The Morgan fingerprint density at radius 3 is 2.65 bits per heavy atom. The molecule has 6 heteroatoms. The molecule has 1 N–H and O–H groups in total. The van der Waals surface area contributed by atoms with Gasteiger partial charge in [-0.25, -0.2) is 4.21 Å². The highest BCUT2D eigenvalue weighted by Gasteiger charge is 2.08. The molecule has 1 unspecified atom stereocenters. The van der Waals surface area contributed by atoms with Gasteiger partial charge in [0.25, 0.3) is 0 Å². The van der Waals surface area contributed by atoms with E-state index in [1.165, 1.54) is 6.26 Å². The Hall–Kier alpha value is -2.47. The van der Waals surface area contributed by atoms with Gasteiger partial charge in [0.2, 0.25) is 0 Å². The number of hydrogen-bond donors (Lipinski definition) is 1. The van der Waals surface area contributed by atoms with E-state index < -0.39 is 9.73 Å². The van der Waals surface area contributed by atoms with Crippen LogP contribution in [0.2, 0.25) is 0 Å². The Morgan fingerprint density at radius 1 is 1.17 bits per heavy atom. The van der Waals surface area contributed by atoms with Crippen molar-refractivity contribution in [3.05, 3.63) is 54.4 Å². The second-order valence-corrected chi connectivity index (χ2v) is 7.74. The molecule has 0 radical (unpaired) electrons. The maximum absolute atomic E-state index is 11.6. The van der Waals surface area contributed by atoms with Gasteiger partial charge in [-0.2, -0.15) is 0 Å². The predicted octanol–water partition coefficient (Wildman–Crippen LogP) is 3.48. The minimum Gasteiger partial charge on any atom is -0.497 e. The van der Waals surface area contributed by atoms with Crippen molar-refractivity contribution in [2.24, 2.45) is 0 Å². The van der Waals surface area contributed by atoms with Crippen LogP contribution in [0.15, 0.2) is 48.8 Å². The van der Waals surface area contributed by atoms with E-state index in [2.05, 4.69) is 9.97 Å². The number of hydrogen-bond acceptors (Lipinski definition) is 5. The minimum atomic E-state index is -2.56. The van der Waals surface area contributed by atoms with Crippen LogP contribution in [-0.4, -0.2) is 27.5 Å². The number of nitrogens with zero attached hydrogens (tertiary/aromatic N) is 2. The first-order valence-corrected chi connectivity index (χ1v) is 9.19. The molecule has 0 spiro atoms. The van der Waals surface area contributed by atoms with Gasteiger partial charge in [0, 0.05) is 45.4 Å². The van der Waals surface area contributed by atoms with Gasteiger partial charge in [-0.15, -0.1) is 0 Å². The Kier molecular flexibility index (Phi) is 4.00. The van der Waals surface area contributed by atoms with E-state index in [0.717, 1.165) is 33.5 Å². The normalized spacial score (nSPS) is 13.7. The molecule has 1 aromatic carbocycles. The van der Waals surface area contributed by atoms with E-state index in [1.54, 1.807) is 19.5 Å². The van der Waals surface area contributed by atoms with Crippen molar-refractivity contribution in [3.8, 4) is 17.0 Å². The Balaban J connectivity index is 2.03. The van der Waals surface area contributed by atoms with Gasteiger partial charge in [-0.1, -0.05) is 6.07 Å². The molecule has 2 heterocycles. The number of rotatable bonds is 4. The lowest BCUT2D eigenvalue weighted by Crippen LogP contribution is -1.99. The van der Waals surface area contributed by atoms with Crippen molar-refractivity contribution in [3.63, 3.8) is 0 Å². The van der Waals surface area contributed by atoms with Gasteiger partial charge in [0.05, 0.1) is 24.1 Å². The number of nitrogens with one attached hydrogen (secondary N) is 1. The van der Waals surface area contributed by atoms with Crippen LogP contribution in [0.3, 0.4) is 0 Å². The van der Waals surface area contributed by atoms with Crippen LogP contribution in [0.1, 0.15) is 5.56 Å². The zero-order valence-corrected chi connectivity index (χ0v) is 13.8. The number of benzene rings is 1. The summed E-state index contributed by atoms with van der Waals surface area (Å²) in [6, 6.07) is 11.4. The molecule has 0 saturated heterocycles. The van der Waals surface area contributed by atoms with Gasteiger partial charge in [0.1, 0.15) is 5.75 Å². The molecule has 0 bridgehead atoms. The largest absolute Gasteiger partial charge is 0.497 e. The molecule has 0 aliphatic carbocycles. The third-order valence-corrected chi connectivity index (χ3v) is 4.38. The van der Waals surface area contributed by atoms with Crippen LogP contribution in [0.4, 0.5) is 0 Å². The molecule has 1 atom stereocenters. The third-order valence-electron chi connectivity index (χ3n) is 3.49. The summed E-state index contributed by atoms with van der Waals surface area (Å²) in [4.78, 5) is 8.83. The molecule has 0 saturated carbocycles. The minimum absolute atomic E-state index is 0.217. The molecule has 0 aliphatic rings. The van der Waals surface area contributed by atoms with Crippen molar-refractivity contribution in [1.29, 1.82) is 4.78 Å². The smallest absolute Gasteiger partial charge is 0.121 e. The predicted molar refractivity (Wildman–Crippen MR) is 92.0 cm³/mol. The van der Waals surface area contributed by atoms with Crippen molar-refractivity contribution in [2.45, 2.75) is 5.75 Å². The average Bonchev–Trinajstić information content (AvgIpc) is 2.53. The molecule has 5 nitrogen and oxygen atoms in total. The molecular weight excluding hydrogens is 310 g/mol. The van der Waals surface area contributed by atoms with Crippen LogP contribution < -0.4 is 4.74 Å². The van der Waals surface area contributed by atoms with E-state index in [0.29, 0.717) is 0 Å². The molecule has 3 rings (SSSR count). The number of ether oxygens (including phenoxy) is 1. The van der Waals surface area contributed by atoms with Crippen LogP contribution >= 0.6 is 0 Å². The number of pyridine rings is 2. The van der Waals surface area contributed by atoms with Gasteiger partial charge in [-0.3, -0.25) is 14.7 Å². The van der Waals surface area contributed by atoms with E-state index in [9.17, 15) is 4.21 Å². The highest BCUT2D eigenvalue weighted by molar-refractivity contribution is 7.90. The first-order chi connectivity index (χ1) is 11.0. The zero-order valence-electron chi connectivity index (χ0n) is 12.9. The highest BCUT2D eigenvalue weighted by atomic mass is 32.2. The molecule has 2 aromatic heterocycles. The molecular formula is C17H17N3O2S. The summed E-state index contributed by atoms with van der Waals surface area (Å²) in [5.41, 5.74) is 3.44. The fourth-order valence-electron chi connectivity index (χ4n) is 2.47. The number of methoxy groups -OCH3 is 1. The maximum atomic E-state index is 11.6. The number of fused-ring (bicyclic) bond motifs is 1. The molecule has 23 heavy (non-hydrogen) atoms. The van der Waals surface area contributed by atoms with Gasteiger partial charge >= 0.3 is 0 Å². The first-order valence-electron chi connectivity index (χ1n) is 7.06. The second kappa shape index (κ2) is 5.96. The van der Waals surface area contributed by atoms with E-state index in [4.69, 9.17) is 9.52 Å². The van der Waals surface area contributed by atoms with Crippen LogP contribution in [0, 0.1) is 4.78 Å². The monoisotopic (exact) mass is 327 g/mol. The topological polar surface area (TPSA) is 75.9 Å². The molecule has 3 aromatic rings. The Morgan fingerprint density at radius 2 is 2.00 bits per heavy atom. The second-order valence-electron chi connectivity index (χ2n) is 5.44. The van der Waals surface area contributed by atoms with E-state index in [-0.39, 0.29) is 5.75 Å². The first kappa shape index (κ1) is 15.4. The summed E-state index contributed by atoms with van der Waals surface area (Å²) in [6.45, 7) is 0. The van der Waals surface area contributed by atoms with Gasteiger partial charge < -0.3 is 4.74 Å². The Labute approximate surface area is 135 Å². The van der Waals surface area contributed by atoms with Crippen LogP contribution in [0.25, 0.3) is 22.2 Å². The molecule has 0 fully saturated rings. The van der Waals surface area contributed by atoms with Crippen molar-refractivity contribution in [2.75, 3.05) is 13.4 Å². The summed E-state index contributed by atoms with van der Waals surface area (Å²) in [6.07, 6.45) is 4.86. The lowest BCUT2D eigenvalue weighted by Gasteiger charge is -2.08.